The highest BCUT2D eigenvalue weighted by atomic mass is 16.3. The van der Waals surface area contributed by atoms with Gasteiger partial charge < -0.3 is 5.11 Å². The third-order valence-electron chi connectivity index (χ3n) is 5.16. The summed E-state index contributed by atoms with van der Waals surface area (Å²) < 4.78 is 0. The molecular weight excluding hydrogens is 196 g/mol. The normalized spacial score (nSPS) is 43.2. The lowest BCUT2D eigenvalue weighted by Crippen LogP contribution is -2.49. The van der Waals surface area contributed by atoms with Gasteiger partial charge in [0, 0.05) is 0 Å². The molecule has 0 aliphatic heterocycles. The molecule has 0 spiro atoms. The van der Waals surface area contributed by atoms with Crippen LogP contribution in [0.1, 0.15) is 59.8 Å². The van der Waals surface area contributed by atoms with Gasteiger partial charge in [-0.3, -0.25) is 0 Å². The minimum atomic E-state index is -0.445. The SMILES string of the molecule is CC1=CC[C@]2(O)[C@H](C1)C(C)(C)CCC[C@@H]2C. The number of hydrogen-bond donors (Lipinski definition) is 1. The summed E-state index contributed by atoms with van der Waals surface area (Å²) in [6.07, 6.45) is 7.93. The molecule has 0 bridgehead atoms. The van der Waals surface area contributed by atoms with Gasteiger partial charge in [-0.1, -0.05) is 38.8 Å². The summed E-state index contributed by atoms with van der Waals surface area (Å²) in [7, 11) is 0. The van der Waals surface area contributed by atoms with Gasteiger partial charge in [-0.2, -0.15) is 0 Å². The van der Waals surface area contributed by atoms with Gasteiger partial charge in [0.1, 0.15) is 0 Å². The molecule has 0 radical (unpaired) electrons. The smallest absolute Gasteiger partial charge is 0.0743 e. The van der Waals surface area contributed by atoms with Gasteiger partial charge in [0.05, 0.1) is 5.60 Å². The van der Waals surface area contributed by atoms with Crippen molar-refractivity contribution in [2.75, 3.05) is 0 Å². The summed E-state index contributed by atoms with van der Waals surface area (Å²) in [5, 5.41) is 11.0. The maximum atomic E-state index is 11.0. The third kappa shape index (κ3) is 1.84. The van der Waals surface area contributed by atoms with Crippen LogP contribution in [0.4, 0.5) is 0 Å². The Morgan fingerprint density at radius 1 is 1.38 bits per heavy atom. The van der Waals surface area contributed by atoms with Gasteiger partial charge in [-0.25, -0.2) is 0 Å². The van der Waals surface area contributed by atoms with Crippen molar-refractivity contribution in [3.05, 3.63) is 11.6 Å². The molecular formula is C15H26O. The number of allylic oxidation sites excluding steroid dienone is 1. The molecule has 92 valence electrons. The van der Waals surface area contributed by atoms with Crippen LogP contribution in [0.3, 0.4) is 0 Å². The topological polar surface area (TPSA) is 20.2 Å². The minimum Gasteiger partial charge on any atom is -0.389 e. The molecule has 0 amide bonds. The maximum Gasteiger partial charge on any atom is 0.0743 e. The number of fused-ring (bicyclic) bond motifs is 1. The van der Waals surface area contributed by atoms with E-state index in [-0.39, 0.29) is 5.41 Å². The van der Waals surface area contributed by atoms with E-state index < -0.39 is 5.60 Å². The van der Waals surface area contributed by atoms with Gasteiger partial charge in [0.25, 0.3) is 0 Å². The van der Waals surface area contributed by atoms with E-state index in [2.05, 4.69) is 33.8 Å². The molecule has 0 aromatic heterocycles. The first-order valence-electron chi connectivity index (χ1n) is 6.74. The van der Waals surface area contributed by atoms with E-state index in [4.69, 9.17) is 0 Å². The molecule has 16 heavy (non-hydrogen) atoms. The number of hydrogen-bond acceptors (Lipinski definition) is 1. The summed E-state index contributed by atoms with van der Waals surface area (Å²) in [4.78, 5) is 0. The van der Waals surface area contributed by atoms with E-state index in [1.165, 1.54) is 24.8 Å². The Morgan fingerprint density at radius 3 is 2.75 bits per heavy atom. The maximum absolute atomic E-state index is 11.0. The molecule has 1 N–H and O–H groups in total. The lowest BCUT2D eigenvalue weighted by atomic mass is 9.60. The second kappa shape index (κ2) is 3.87. The van der Waals surface area contributed by atoms with Crippen LogP contribution in [0.15, 0.2) is 11.6 Å². The van der Waals surface area contributed by atoms with Gasteiger partial charge in [-0.05, 0) is 49.9 Å². The van der Waals surface area contributed by atoms with E-state index in [0.29, 0.717) is 11.8 Å². The Kier molecular flexibility index (Phi) is 2.94. The van der Waals surface area contributed by atoms with Crippen molar-refractivity contribution in [1.82, 2.24) is 0 Å². The van der Waals surface area contributed by atoms with Crippen LogP contribution >= 0.6 is 0 Å². The van der Waals surface area contributed by atoms with Gasteiger partial charge in [0.15, 0.2) is 0 Å². The molecule has 0 saturated heterocycles. The second-order valence-corrected chi connectivity index (χ2v) is 6.78. The first-order chi connectivity index (χ1) is 7.36. The monoisotopic (exact) mass is 222 g/mol. The zero-order chi connectivity index (χ0) is 12.0. The fourth-order valence-electron chi connectivity index (χ4n) is 3.85. The fraction of sp³-hybridized carbons (Fsp3) is 0.867. The van der Waals surface area contributed by atoms with Crippen LogP contribution in [0.25, 0.3) is 0 Å². The Morgan fingerprint density at radius 2 is 2.06 bits per heavy atom. The van der Waals surface area contributed by atoms with Crippen LogP contribution in [-0.4, -0.2) is 10.7 Å². The molecule has 1 fully saturated rings. The Bertz CT molecular complexity index is 303. The van der Waals surface area contributed by atoms with E-state index in [1.807, 2.05) is 0 Å². The minimum absolute atomic E-state index is 0.287. The Labute approximate surface area is 99.9 Å². The standard InChI is InChI=1S/C15H26O/c1-11-7-9-15(16)12(2)6-5-8-14(3,4)13(15)10-11/h7,12-13,16H,5-6,8-10H2,1-4H3/t12-,13+,15+/m0/s1. The number of aliphatic hydroxyl groups is 1. The molecule has 0 aromatic carbocycles. The van der Waals surface area contributed by atoms with Crippen LogP contribution < -0.4 is 0 Å². The van der Waals surface area contributed by atoms with E-state index in [0.717, 1.165) is 12.8 Å². The van der Waals surface area contributed by atoms with Crippen molar-refractivity contribution in [1.29, 1.82) is 0 Å². The lowest BCUT2D eigenvalue weighted by molar-refractivity contribution is -0.0982. The van der Waals surface area contributed by atoms with Crippen LogP contribution in [0, 0.1) is 17.3 Å². The van der Waals surface area contributed by atoms with Gasteiger partial charge >= 0.3 is 0 Å². The van der Waals surface area contributed by atoms with Gasteiger partial charge in [0.2, 0.25) is 0 Å². The zero-order valence-corrected chi connectivity index (χ0v) is 11.2. The first kappa shape index (κ1) is 12.2. The van der Waals surface area contributed by atoms with E-state index >= 15 is 0 Å². The molecule has 1 heteroatoms. The summed E-state index contributed by atoms with van der Waals surface area (Å²) >= 11 is 0. The zero-order valence-electron chi connectivity index (χ0n) is 11.2. The van der Waals surface area contributed by atoms with Crippen molar-refractivity contribution < 1.29 is 5.11 Å². The van der Waals surface area contributed by atoms with Crippen molar-refractivity contribution in [2.45, 2.75) is 65.4 Å². The highest BCUT2D eigenvalue weighted by Gasteiger charge is 2.50. The summed E-state index contributed by atoms with van der Waals surface area (Å²) in [6.45, 7) is 9.15. The summed E-state index contributed by atoms with van der Waals surface area (Å²) in [6, 6.07) is 0. The average molecular weight is 222 g/mol. The second-order valence-electron chi connectivity index (χ2n) is 6.78. The molecule has 2 aliphatic carbocycles. The predicted molar refractivity (Wildman–Crippen MR) is 68.2 cm³/mol. The fourth-order valence-corrected chi connectivity index (χ4v) is 3.85. The molecule has 0 unspecified atom stereocenters. The average Bonchev–Trinajstić information content (AvgIpc) is 2.28. The van der Waals surface area contributed by atoms with Crippen molar-refractivity contribution >= 4 is 0 Å². The highest BCUT2D eigenvalue weighted by Crippen LogP contribution is 2.52. The molecule has 1 saturated carbocycles. The van der Waals surface area contributed by atoms with Crippen molar-refractivity contribution in [3.8, 4) is 0 Å². The molecule has 0 aromatic rings. The van der Waals surface area contributed by atoms with Crippen molar-refractivity contribution in [2.24, 2.45) is 17.3 Å². The molecule has 2 aliphatic rings. The Balaban J connectivity index is 2.39. The van der Waals surface area contributed by atoms with Crippen LogP contribution in [0.2, 0.25) is 0 Å². The molecule has 0 heterocycles. The van der Waals surface area contributed by atoms with Crippen LogP contribution in [-0.2, 0) is 0 Å². The van der Waals surface area contributed by atoms with Crippen molar-refractivity contribution in [3.63, 3.8) is 0 Å². The highest BCUT2D eigenvalue weighted by molar-refractivity contribution is 5.15. The van der Waals surface area contributed by atoms with E-state index in [1.54, 1.807) is 0 Å². The summed E-state index contributed by atoms with van der Waals surface area (Å²) in [5.74, 6) is 0.895. The van der Waals surface area contributed by atoms with Gasteiger partial charge in [-0.15, -0.1) is 0 Å². The summed E-state index contributed by atoms with van der Waals surface area (Å²) in [5.41, 5.74) is 1.31. The lowest BCUT2D eigenvalue weighted by Gasteiger charge is -2.48. The molecule has 1 nitrogen and oxygen atoms in total. The van der Waals surface area contributed by atoms with E-state index in [9.17, 15) is 5.11 Å². The first-order valence-corrected chi connectivity index (χ1v) is 6.74. The van der Waals surface area contributed by atoms with Crippen LogP contribution in [0.5, 0.6) is 0 Å². The Hall–Kier alpha value is -0.300. The molecule has 2 rings (SSSR count). The third-order valence-corrected chi connectivity index (χ3v) is 5.16. The molecule has 3 atom stereocenters. The largest absolute Gasteiger partial charge is 0.389 e. The quantitative estimate of drug-likeness (QED) is 0.616. The predicted octanol–water partition coefficient (Wildman–Crippen LogP) is 3.92. The number of rotatable bonds is 0.